The van der Waals surface area contributed by atoms with Crippen LogP contribution in [-0.2, 0) is 6.54 Å². The Morgan fingerprint density at radius 1 is 1.10 bits per heavy atom. The Bertz CT molecular complexity index is 537. The molecule has 3 heteroatoms. The van der Waals surface area contributed by atoms with Crippen molar-refractivity contribution in [2.75, 3.05) is 18.0 Å². The number of aromatic nitrogens is 1. The number of para-hydroxylation sites is 1. The van der Waals surface area contributed by atoms with Gasteiger partial charge in [-0.05, 0) is 37.6 Å². The lowest BCUT2D eigenvalue weighted by atomic mass is 10.2. The van der Waals surface area contributed by atoms with Gasteiger partial charge >= 0.3 is 0 Å². The van der Waals surface area contributed by atoms with E-state index in [-0.39, 0.29) is 0 Å². The predicted octanol–water partition coefficient (Wildman–Crippen LogP) is 3.99. The number of anilines is 2. The third kappa shape index (κ3) is 4.30. The van der Waals surface area contributed by atoms with Crippen molar-refractivity contribution < 1.29 is 0 Å². The minimum Gasteiger partial charge on any atom is -0.326 e. The summed E-state index contributed by atoms with van der Waals surface area (Å²) in [7, 11) is 0. The molecule has 0 aliphatic heterocycles. The smallest absolute Gasteiger partial charge is 0.137 e. The fourth-order valence-electron chi connectivity index (χ4n) is 2.37. The minimum absolute atomic E-state index is 0.654. The Hall–Kier alpha value is -1.87. The zero-order valence-corrected chi connectivity index (χ0v) is 13.2. The molecule has 112 valence electrons. The number of pyridine rings is 1. The van der Waals surface area contributed by atoms with Gasteiger partial charge in [-0.1, -0.05) is 38.1 Å². The van der Waals surface area contributed by atoms with Crippen LogP contribution in [0.2, 0.25) is 0 Å². The lowest BCUT2D eigenvalue weighted by Crippen LogP contribution is -2.23. The number of hydrogen-bond acceptors (Lipinski definition) is 3. The van der Waals surface area contributed by atoms with E-state index in [0.29, 0.717) is 5.92 Å². The van der Waals surface area contributed by atoms with Gasteiger partial charge in [0.05, 0.1) is 0 Å². The number of benzene rings is 1. The summed E-state index contributed by atoms with van der Waals surface area (Å²) in [4.78, 5) is 6.87. The molecule has 2 aromatic rings. The predicted molar refractivity (Wildman–Crippen MR) is 89.9 cm³/mol. The van der Waals surface area contributed by atoms with Gasteiger partial charge in [0, 0.05) is 30.5 Å². The van der Waals surface area contributed by atoms with Crippen LogP contribution >= 0.6 is 0 Å². The molecule has 3 nitrogen and oxygen atoms in total. The van der Waals surface area contributed by atoms with Crippen molar-refractivity contribution in [3.05, 3.63) is 54.2 Å². The standard InChI is InChI=1S/C18H25N3/c1-4-21(17-10-6-5-7-11-17)18-16(9-8-12-20-18)14-19-13-15(2)3/h5-12,15,19H,4,13-14H2,1-3H3. The number of hydrogen-bond donors (Lipinski definition) is 1. The minimum atomic E-state index is 0.654. The summed E-state index contributed by atoms with van der Waals surface area (Å²) in [5, 5.41) is 3.51. The number of nitrogens with zero attached hydrogens (tertiary/aromatic N) is 2. The van der Waals surface area contributed by atoms with E-state index in [0.717, 1.165) is 25.5 Å². The van der Waals surface area contributed by atoms with Crippen LogP contribution in [0.15, 0.2) is 48.7 Å². The molecule has 0 aliphatic rings. The highest BCUT2D eigenvalue weighted by Gasteiger charge is 2.12. The van der Waals surface area contributed by atoms with E-state index < -0.39 is 0 Å². The first-order valence-electron chi connectivity index (χ1n) is 7.69. The average molecular weight is 283 g/mol. The van der Waals surface area contributed by atoms with Crippen molar-refractivity contribution in [1.82, 2.24) is 10.3 Å². The number of rotatable bonds is 7. The van der Waals surface area contributed by atoms with E-state index in [9.17, 15) is 0 Å². The fraction of sp³-hybridized carbons (Fsp3) is 0.389. The highest BCUT2D eigenvalue weighted by Crippen LogP contribution is 2.25. The molecule has 1 aromatic carbocycles. The van der Waals surface area contributed by atoms with Crippen LogP contribution in [0.4, 0.5) is 11.5 Å². The Morgan fingerprint density at radius 2 is 1.86 bits per heavy atom. The van der Waals surface area contributed by atoms with Gasteiger partial charge in [-0.3, -0.25) is 0 Å². The molecule has 0 spiro atoms. The van der Waals surface area contributed by atoms with E-state index in [1.54, 1.807) is 0 Å². The van der Waals surface area contributed by atoms with E-state index in [2.05, 4.69) is 66.3 Å². The van der Waals surface area contributed by atoms with Crippen molar-refractivity contribution in [3.63, 3.8) is 0 Å². The monoisotopic (exact) mass is 283 g/mol. The Morgan fingerprint density at radius 3 is 2.52 bits per heavy atom. The van der Waals surface area contributed by atoms with Gasteiger partial charge in [-0.25, -0.2) is 4.98 Å². The second-order valence-electron chi connectivity index (χ2n) is 5.59. The summed E-state index contributed by atoms with van der Waals surface area (Å²) in [5.41, 5.74) is 2.42. The SMILES string of the molecule is CCN(c1ccccc1)c1ncccc1CNCC(C)C. The summed E-state index contributed by atoms with van der Waals surface area (Å²) in [6.45, 7) is 9.38. The van der Waals surface area contributed by atoms with Gasteiger partial charge in [0.1, 0.15) is 5.82 Å². The van der Waals surface area contributed by atoms with Gasteiger partial charge in [-0.15, -0.1) is 0 Å². The molecule has 0 amide bonds. The van der Waals surface area contributed by atoms with Crippen LogP contribution in [0.25, 0.3) is 0 Å². The maximum Gasteiger partial charge on any atom is 0.137 e. The van der Waals surface area contributed by atoms with Crippen molar-refractivity contribution in [1.29, 1.82) is 0 Å². The molecule has 0 bridgehead atoms. The molecule has 1 N–H and O–H groups in total. The Labute approximate surface area is 128 Å². The highest BCUT2D eigenvalue weighted by molar-refractivity contribution is 5.62. The quantitative estimate of drug-likeness (QED) is 0.833. The maximum atomic E-state index is 4.61. The summed E-state index contributed by atoms with van der Waals surface area (Å²) >= 11 is 0. The summed E-state index contributed by atoms with van der Waals surface area (Å²) in [5.74, 6) is 1.70. The lowest BCUT2D eigenvalue weighted by Gasteiger charge is -2.24. The normalized spacial score (nSPS) is 10.9. The molecule has 0 unspecified atom stereocenters. The fourth-order valence-corrected chi connectivity index (χ4v) is 2.37. The molecule has 1 aromatic heterocycles. The molecule has 0 fully saturated rings. The zero-order chi connectivity index (χ0) is 15.1. The molecule has 0 radical (unpaired) electrons. The molecule has 21 heavy (non-hydrogen) atoms. The van der Waals surface area contributed by atoms with Crippen LogP contribution in [0, 0.1) is 5.92 Å². The number of nitrogens with one attached hydrogen (secondary N) is 1. The van der Waals surface area contributed by atoms with Crippen molar-refractivity contribution >= 4 is 11.5 Å². The summed E-state index contributed by atoms with van der Waals surface area (Å²) in [6.07, 6.45) is 1.87. The average Bonchev–Trinajstić information content (AvgIpc) is 2.50. The van der Waals surface area contributed by atoms with Gasteiger partial charge in [-0.2, -0.15) is 0 Å². The van der Waals surface area contributed by atoms with E-state index in [1.165, 1.54) is 11.3 Å². The summed E-state index contributed by atoms with van der Waals surface area (Å²) in [6, 6.07) is 14.6. The van der Waals surface area contributed by atoms with Crippen LogP contribution in [0.3, 0.4) is 0 Å². The molecule has 0 atom stereocenters. The Balaban J connectivity index is 2.21. The summed E-state index contributed by atoms with van der Waals surface area (Å²) < 4.78 is 0. The zero-order valence-electron chi connectivity index (χ0n) is 13.2. The van der Waals surface area contributed by atoms with E-state index in [1.807, 2.05) is 18.3 Å². The van der Waals surface area contributed by atoms with Gasteiger partial charge in [0.2, 0.25) is 0 Å². The first-order chi connectivity index (χ1) is 10.2. The third-order valence-corrected chi connectivity index (χ3v) is 3.38. The first kappa shape index (κ1) is 15.5. The van der Waals surface area contributed by atoms with Crippen molar-refractivity contribution in [3.8, 4) is 0 Å². The molecule has 1 heterocycles. The second-order valence-corrected chi connectivity index (χ2v) is 5.59. The highest BCUT2D eigenvalue weighted by atomic mass is 15.2. The maximum absolute atomic E-state index is 4.61. The third-order valence-electron chi connectivity index (χ3n) is 3.38. The van der Waals surface area contributed by atoms with Crippen molar-refractivity contribution in [2.24, 2.45) is 5.92 Å². The molecule has 0 saturated carbocycles. The second kappa shape index (κ2) is 7.79. The molecular weight excluding hydrogens is 258 g/mol. The van der Waals surface area contributed by atoms with Crippen LogP contribution in [0.1, 0.15) is 26.3 Å². The van der Waals surface area contributed by atoms with Gasteiger partial charge in [0.15, 0.2) is 0 Å². The molecule has 0 aliphatic carbocycles. The van der Waals surface area contributed by atoms with E-state index in [4.69, 9.17) is 0 Å². The molecule has 2 rings (SSSR count). The topological polar surface area (TPSA) is 28.2 Å². The van der Waals surface area contributed by atoms with Gasteiger partial charge < -0.3 is 10.2 Å². The van der Waals surface area contributed by atoms with Crippen molar-refractivity contribution in [2.45, 2.75) is 27.3 Å². The molecular formula is C18H25N3. The first-order valence-corrected chi connectivity index (χ1v) is 7.69. The van der Waals surface area contributed by atoms with Crippen LogP contribution in [0.5, 0.6) is 0 Å². The molecule has 0 saturated heterocycles. The van der Waals surface area contributed by atoms with E-state index >= 15 is 0 Å². The van der Waals surface area contributed by atoms with Gasteiger partial charge in [0.25, 0.3) is 0 Å². The Kier molecular flexibility index (Phi) is 5.76. The lowest BCUT2D eigenvalue weighted by molar-refractivity contribution is 0.552. The van der Waals surface area contributed by atoms with Crippen LogP contribution in [-0.4, -0.2) is 18.1 Å². The van der Waals surface area contributed by atoms with Crippen LogP contribution < -0.4 is 10.2 Å². The largest absolute Gasteiger partial charge is 0.326 e.